The second kappa shape index (κ2) is 6.10. The summed E-state index contributed by atoms with van der Waals surface area (Å²) in [6, 6.07) is 15.9. The number of benzene rings is 2. The van der Waals surface area contributed by atoms with Crippen LogP contribution in [0, 0.1) is 6.92 Å². The molecule has 0 bridgehead atoms. The zero-order valence-electron chi connectivity index (χ0n) is 11.7. The molecule has 0 amide bonds. The molecule has 20 heavy (non-hydrogen) atoms. The van der Waals surface area contributed by atoms with Crippen molar-refractivity contribution < 1.29 is 5.21 Å². The van der Waals surface area contributed by atoms with Crippen LogP contribution in [-0.2, 0) is 6.54 Å². The van der Waals surface area contributed by atoms with Gasteiger partial charge < -0.3 is 15.8 Å². The topological polar surface area (TPSA) is 61.8 Å². The van der Waals surface area contributed by atoms with Gasteiger partial charge in [0, 0.05) is 24.8 Å². The van der Waals surface area contributed by atoms with E-state index in [1.807, 2.05) is 43.4 Å². The maximum Gasteiger partial charge on any atom is 0.170 e. The number of hydrogen-bond acceptors (Lipinski definition) is 3. The molecule has 0 saturated heterocycles. The molecule has 0 aromatic heterocycles. The van der Waals surface area contributed by atoms with E-state index in [0.29, 0.717) is 6.54 Å². The van der Waals surface area contributed by atoms with Crippen LogP contribution in [0.4, 0.5) is 5.69 Å². The molecule has 0 radical (unpaired) electrons. The average Bonchev–Trinajstić information content (AvgIpc) is 2.47. The number of hydrogen-bond donors (Lipinski definition) is 2. The van der Waals surface area contributed by atoms with Gasteiger partial charge in [-0.15, -0.1) is 0 Å². The van der Waals surface area contributed by atoms with Gasteiger partial charge in [0.25, 0.3) is 0 Å². The van der Waals surface area contributed by atoms with Gasteiger partial charge in [-0.1, -0.05) is 47.6 Å². The fourth-order valence-electron chi connectivity index (χ4n) is 2.29. The molecule has 0 fully saturated rings. The number of nitrogens with zero attached hydrogens (tertiary/aromatic N) is 2. The van der Waals surface area contributed by atoms with Gasteiger partial charge in [-0.05, 0) is 24.1 Å². The zero-order chi connectivity index (χ0) is 14.5. The molecule has 0 spiro atoms. The summed E-state index contributed by atoms with van der Waals surface area (Å²) < 4.78 is 0. The Bertz CT molecular complexity index is 623. The number of aryl methyl sites for hydroxylation is 1. The quantitative estimate of drug-likeness (QED) is 0.388. The number of amidine groups is 1. The number of nitrogens with two attached hydrogens (primary N) is 1. The summed E-state index contributed by atoms with van der Waals surface area (Å²) in [5, 5.41) is 12.0. The summed E-state index contributed by atoms with van der Waals surface area (Å²) in [4.78, 5) is 2.15. The van der Waals surface area contributed by atoms with Crippen LogP contribution in [0.1, 0.15) is 16.7 Å². The molecule has 0 aliphatic heterocycles. The lowest BCUT2D eigenvalue weighted by Gasteiger charge is -2.22. The minimum absolute atomic E-state index is 0.138. The van der Waals surface area contributed by atoms with Crippen molar-refractivity contribution in [1.29, 1.82) is 0 Å². The smallest absolute Gasteiger partial charge is 0.170 e. The van der Waals surface area contributed by atoms with Gasteiger partial charge in [-0.25, -0.2) is 0 Å². The molecular weight excluding hydrogens is 250 g/mol. The van der Waals surface area contributed by atoms with Gasteiger partial charge in [0.1, 0.15) is 0 Å². The Morgan fingerprint density at radius 1 is 1.15 bits per heavy atom. The Morgan fingerprint density at radius 3 is 2.50 bits per heavy atom. The third-order valence-electron chi connectivity index (χ3n) is 3.34. The normalized spacial score (nSPS) is 11.4. The summed E-state index contributed by atoms with van der Waals surface area (Å²) in [5.74, 6) is 0.138. The summed E-state index contributed by atoms with van der Waals surface area (Å²) in [5.41, 5.74) is 9.89. The first kappa shape index (κ1) is 13.9. The summed E-state index contributed by atoms with van der Waals surface area (Å²) in [7, 11) is 2.03. The molecule has 4 nitrogen and oxygen atoms in total. The van der Waals surface area contributed by atoms with E-state index in [1.54, 1.807) is 0 Å². The fraction of sp³-hybridized carbons (Fsp3) is 0.188. The lowest BCUT2D eigenvalue weighted by molar-refractivity contribution is 0.318. The van der Waals surface area contributed by atoms with Crippen molar-refractivity contribution in [2.45, 2.75) is 13.5 Å². The van der Waals surface area contributed by atoms with E-state index in [-0.39, 0.29) is 5.84 Å². The van der Waals surface area contributed by atoms with E-state index >= 15 is 0 Å². The molecular formula is C16H19N3O. The summed E-state index contributed by atoms with van der Waals surface area (Å²) >= 11 is 0. The van der Waals surface area contributed by atoms with Crippen molar-refractivity contribution in [3.63, 3.8) is 0 Å². The van der Waals surface area contributed by atoms with Gasteiger partial charge in [0.15, 0.2) is 5.84 Å². The highest BCUT2D eigenvalue weighted by molar-refractivity contribution is 5.98. The minimum Gasteiger partial charge on any atom is -0.409 e. The second-order valence-electron chi connectivity index (χ2n) is 4.78. The van der Waals surface area contributed by atoms with Gasteiger partial charge in [0.05, 0.1) is 0 Å². The summed E-state index contributed by atoms with van der Waals surface area (Å²) in [6.45, 7) is 2.78. The molecule has 0 heterocycles. The first-order valence-electron chi connectivity index (χ1n) is 6.46. The van der Waals surface area contributed by atoms with Crippen LogP contribution in [-0.4, -0.2) is 18.1 Å². The first-order chi connectivity index (χ1) is 9.63. The molecule has 104 valence electrons. The largest absolute Gasteiger partial charge is 0.409 e. The molecule has 0 unspecified atom stereocenters. The fourth-order valence-corrected chi connectivity index (χ4v) is 2.29. The third-order valence-corrected chi connectivity index (χ3v) is 3.34. The van der Waals surface area contributed by atoms with Crippen molar-refractivity contribution in [2.24, 2.45) is 10.9 Å². The minimum atomic E-state index is 0.138. The monoisotopic (exact) mass is 269 g/mol. The highest BCUT2D eigenvalue weighted by Gasteiger charge is 2.10. The van der Waals surface area contributed by atoms with Crippen LogP contribution < -0.4 is 10.6 Å². The Hall–Kier alpha value is -2.49. The summed E-state index contributed by atoms with van der Waals surface area (Å²) in [6.07, 6.45) is 0. The molecule has 0 aliphatic carbocycles. The Labute approximate surface area is 119 Å². The molecule has 0 aliphatic rings. The third kappa shape index (κ3) is 2.91. The van der Waals surface area contributed by atoms with E-state index in [9.17, 15) is 0 Å². The van der Waals surface area contributed by atoms with E-state index < -0.39 is 0 Å². The number of para-hydroxylation sites is 1. The van der Waals surface area contributed by atoms with Gasteiger partial charge >= 0.3 is 0 Å². The van der Waals surface area contributed by atoms with Crippen molar-refractivity contribution >= 4 is 11.5 Å². The molecule has 3 N–H and O–H groups in total. The van der Waals surface area contributed by atoms with E-state index in [0.717, 1.165) is 11.1 Å². The van der Waals surface area contributed by atoms with Crippen molar-refractivity contribution in [1.82, 2.24) is 0 Å². The molecule has 0 saturated carbocycles. The van der Waals surface area contributed by atoms with Crippen molar-refractivity contribution in [3.8, 4) is 0 Å². The Balaban J connectivity index is 2.29. The number of rotatable bonds is 4. The Kier molecular flexibility index (Phi) is 4.25. The SMILES string of the molecule is Cc1ccccc1N(C)Cc1ccccc1C(N)=NO. The van der Waals surface area contributed by atoms with E-state index in [4.69, 9.17) is 10.9 Å². The molecule has 0 atom stereocenters. The first-order valence-corrected chi connectivity index (χ1v) is 6.46. The highest BCUT2D eigenvalue weighted by Crippen LogP contribution is 2.21. The molecule has 2 aromatic rings. The van der Waals surface area contributed by atoms with Crippen LogP contribution in [0.25, 0.3) is 0 Å². The molecule has 4 heteroatoms. The highest BCUT2D eigenvalue weighted by atomic mass is 16.4. The predicted molar refractivity (Wildman–Crippen MR) is 82.2 cm³/mol. The van der Waals surface area contributed by atoms with E-state index in [2.05, 4.69) is 29.1 Å². The number of oxime groups is 1. The van der Waals surface area contributed by atoms with Crippen LogP contribution in [0.3, 0.4) is 0 Å². The van der Waals surface area contributed by atoms with Crippen molar-refractivity contribution in [3.05, 3.63) is 65.2 Å². The van der Waals surface area contributed by atoms with Crippen LogP contribution >= 0.6 is 0 Å². The Morgan fingerprint density at radius 2 is 1.80 bits per heavy atom. The lowest BCUT2D eigenvalue weighted by atomic mass is 10.1. The average molecular weight is 269 g/mol. The van der Waals surface area contributed by atoms with Gasteiger partial charge in [-0.2, -0.15) is 0 Å². The number of anilines is 1. The van der Waals surface area contributed by atoms with Gasteiger partial charge in [-0.3, -0.25) is 0 Å². The zero-order valence-corrected chi connectivity index (χ0v) is 11.7. The molecule has 2 rings (SSSR count). The predicted octanol–water partition coefficient (Wildman–Crippen LogP) is 2.73. The van der Waals surface area contributed by atoms with Crippen LogP contribution in [0.5, 0.6) is 0 Å². The van der Waals surface area contributed by atoms with Crippen molar-refractivity contribution in [2.75, 3.05) is 11.9 Å². The maximum atomic E-state index is 8.86. The lowest BCUT2D eigenvalue weighted by Crippen LogP contribution is -2.22. The van der Waals surface area contributed by atoms with Gasteiger partial charge in [0.2, 0.25) is 0 Å². The maximum absolute atomic E-state index is 8.86. The van der Waals surface area contributed by atoms with Crippen LogP contribution in [0.2, 0.25) is 0 Å². The van der Waals surface area contributed by atoms with Crippen LogP contribution in [0.15, 0.2) is 53.7 Å². The second-order valence-corrected chi connectivity index (χ2v) is 4.78. The molecule has 2 aromatic carbocycles. The van der Waals surface area contributed by atoms with E-state index in [1.165, 1.54) is 11.3 Å². The standard InChI is InChI=1S/C16H19N3O/c1-12-7-3-6-10-15(12)19(2)11-13-8-4-5-9-14(13)16(17)18-20/h3-10,20H,11H2,1-2H3,(H2,17,18).